The summed E-state index contributed by atoms with van der Waals surface area (Å²) < 4.78 is 15.1. The zero-order valence-electron chi connectivity index (χ0n) is 13.9. The van der Waals surface area contributed by atoms with Gasteiger partial charge in [-0.05, 0) is 31.5 Å². The molecule has 3 heterocycles. The van der Waals surface area contributed by atoms with Gasteiger partial charge in [0.1, 0.15) is 15.3 Å². The van der Waals surface area contributed by atoms with E-state index in [1.165, 1.54) is 30.8 Å². The van der Waals surface area contributed by atoms with Crippen LogP contribution in [0.5, 0.6) is 0 Å². The Labute approximate surface area is 147 Å². The van der Waals surface area contributed by atoms with Crippen LogP contribution in [0, 0.1) is 13.8 Å². The molecule has 0 spiro atoms. The van der Waals surface area contributed by atoms with E-state index in [1.807, 2.05) is 19.9 Å². The molecular weight excluding hydrogens is 344 g/mol. The van der Waals surface area contributed by atoms with E-state index in [-0.39, 0.29) is 22.8 Å². The summed E-state index contributed by atoms with van der Waals surface area (Å²) in [5.41, 5.74) is 8.48. The first-order chi connectivity index (χ1) is 11.9. The van der Waals surface area contributed by atoms with Crippen LogP contribution in [0.15, 0.2) is 22.8 Å². The molecule has 0 saturated carbocycles. The van der Waals surface area contributed by atoms with Gasteiger partial charge in [-0.2, -0.15) is 0 Å². The van der Waals surface area contributed by atoms with Gasteiger partial charge in [-0.1, -0.05) is 0 Å². The predicted molar refractivity (Wildman–Crippen MR) is 92.7 cm³/mol. The summed E-state index contributed by atoms with van der Waals surface area (Å²) in [5, 5.41) is 0.760. The summed E-state index contributed by atoms with van der Waals surface area (Å²) >= 11 is 1.18. The molecule has 0 radical (unpaired) electrons. The normalized spacial score (nSPS) is 10.8. The number of ether oxygens (including phenoxy) is 2. The molecule has 0 aromatic carbocycles. The summed E-state index contributed by atoms with van der Waals surface area (Å²) in [7, 11) is 1.26. The van der Waals surface area contributed by atoms with Gasteiger partial charge in [0, 0.05) is 11.1 Å². The largest absolute Gasteiger partial charge is 0.465 e. The second-order valence-corrected chi connectivity index (χ2v) is 6.43. The number of aromatic nitrogens is 1. The SMILES string of the molecule is COC(=O)c1ccoc1COC(=O)c1sc2nc(C)cc(C)c2c1N. The van der Waals surface area contributed by atoms with Crippen LogP contribution in [0.3, 0.4) is 0 Å². The number of carbonyl (C=O) groups is 2. The summed E-state index contributed by atoms with van der Waals surface area (Å²) in [5.74, 6) is -0.939. The van der Waals surface area contributed by atoms with E-state index in [9.17, 15) is 9.59 Å². The van der Waals surface area contributed by atoms with Crippen LogP contribution in [-0.4, -0.2) is 24.0 Å². The van der Waals surface area contributed by atoms with Crippen LogP contribution in [-0.2, 0) is 16.1 Å². The second-order valence-electron chi connectivity index (χ2n) is 5.43. The number of fused-ring (bicyclic) bond motifs is 1. The van der Waals surface area contributed by atoms with Gasteiger partial charge < -0.3 is 19.6 Å². The first-order valence-electron chi connectivity index (χ1n) is 7.40. The lowest BCUT2D eigenvalue weighted by Gasteiger charge is -2.04. The van der Waals surface area contributed by atoms with Crippen LogP contribution in [0.1, 0.15) is 37.0 Å². The van der Waals surface area contributed by atoms with Crippen LogP contribution in [0.25, 0.3) is 10.2 Å². The Morgan fingerprint density at radius 3 is 2.80 bits per heavy atom. The van der Waals surface area contributed by atoms with Crippen molar-refractivity contribution in [2.75, 3.05) is 12.8 Å². The van der Waals surface area contributed by atoms with Gasteiger partial charge in [-0.3, -0.25) is 0 Å². The lowest BCUT2D eigenvalue weighted by molar-refractivity contribution is 0.0438. The first kappa shape index (κ1) is 17.0. The Hall–Kier alpha value is -2.87. The van der Waals surface area contributed by atoms with E-state index in [0.29, 0.717) is 10.5 Å². The average molecular weight is 360 g/mol. The van der Waals surface area contributed by atoms with Crippen molar-refractivity contribution in [2.24, 2.45) is 0 Å². The quantitative estimate of drug-likeness (QED) is 0.712. The van der Waals surface area contributed by atoms with Gasteiger partial charge in [-0.25, -0.2) is 14.6 Å². The third-order valence-corrected chi connectivity index (χ3v) is 4.77. The fraction of sp³-hybridized carbons (Fsp3) is 0.235. The van der Waals surface area contributed by atoms with Crippen LogP contribution >= 0.6 is 11.3 Å². The standard InChI is InChI=1S/C17H16N2O5S/c1-8-6-9(2)19-15-12(8)13(18)14(25-15)17(21)24-7-11-10(4-5-23-11)16(20)22-3/h4-6H,7,18H2,1-3H3. The molecule has 0 unspecified atom stereocenters. The molecule has 0 saturated heterocycles. The number of esters is 2. The van der Waals surface area contributed by atoms with E-state index in [1.54, 1.807) is 0 Å². The number of methoxy groups -OCH3 is 1. The van der Waals surface area contributed by atoms with Crippen LogP contribution in [0.2, 0.25) is 0 Å². The summed E-state index contributed by atoms with van der Waals surface area (Å²) in [6.45, 7) is 3.60. The van der Waals surface area contributed by atoms with Crippen molar-refractivity contribution in [2.45, 2.75) is 20.5 Å². The maximum absolute atomic E-state index is 12.4. The zero-order valence-corrected chi connectivity index (χ0v) is 14.7. The Morgan fingerprint density at radius 2 is 2.08 bits per heavy atom. The molecule has 130 valence electrons. The van der Waals surface area contributed by atoms with E-state index >= 15 is 0 Å². The molecule has 0 fully saturated rings. The van der Waals surface area contributed by atoms with Gasteiger partial charge in [-0.15, -0.1) is 11.3 Å². The number of thiophene rings is 1. The van der Waals surface area contributed by atoms with Crippen molar-refractivity contribution in [3.8, 4) is 0 Å². The van der Waals surface area contributed by atoms with Crippen molar-refractivity contribution in [1.82, 2.24) is 4.98 Å². The molecule has 3 aromatic heterocycles. The van der Waals surface area contributed by atoms with Gasteiger partial charge in [0.05, 0.1) is 19.1 Å². The first-order valence-corrected chi connectivity index (χ1v) is 8.22. The molecule has 0 bridgehead atoms. The highest BCUT2D eigenvalue weighted by Gasteiger charge is 2.22. The lowest BCUT2D eigenvalue weighted by Crippen LogP contribution is -2.08. The molecule has 0 aliphatic heterocycles. The molecule has 8 heteroatoms. The maximum Gasteiger partial charge on any atom is 0.350 e. The minimum atomic E-state index is -0.593. The molecular formula is C17H16N2O5S. The molecule has 0 atom stereocenters. The number of nitrogen functional groups attached to an aromatic ring is 1. The zero-order chi connectivity index (χ0) is 18.1. The number of nitrogens with two attached hydrogens (primary N) is 1. The van der Waals surface area contributed by atoms with Crippen molar-refractivity contribution >= 4 is 39.2 Å². The van der Waals surface area contributed by atoms with E-state index < -0.39 is 11.9 Å². The van der Waals surface area contributed by atoms with Crippen molar-refractivity contribution in [3.05, 3.63) is 45.9 Å². The third-order valence-electron chi connectivity index (χ3n) is 3.69. The average Bonchev–Trinajstić information content (AvgIpc) is 3.16. The molecule has 0 amide bonds. The van der Waals surface area contributed by atoms with E-state index in [4.69, 9.17) is 14.9 Å². The maximum atomic E-state index is 12.4. The van der Waals surface area contributed by atoms with E-state index in [0.717, 1.165) is 16.6 Å². The predicted octanol–water partition coefficient (Wildman–Crippen LogP) is 3.23. The highest BCUT2D eigenvalue weighted by Crippen LogP contribution is 2.35. The number of aryl methyl sites for hydroxylation is 2. The second kappa shape index (κ2) is 6.56. The monoisotopic (exact) mass is 360 g/mol. The molecule has 25 heavy (non-hydrogen) atoms. The highest BCUT2D eigenvalue weighted by molar-refractivity contribution is 7.21. The van der Waals surface area contributed by atoms with Gasteiger partial charge in [0.2, 0.25) is 0 Å². The summed E-state index contributed by atoms with van der Waals surface area (Å²) in [4.78, 5) is 29.4. The van der Waals surface area contributed by atoms with Crippen molar-refractivity contribution in [1.29, 1.82) is 0 Å². The van der Waals surface area contributed by atoms with Crippen LogP contribution in [0.4, 0.5) is 5.69 Å². The Bertz CT molecular complexity index is 973. The topological polar surface area (TPSA) is 105 Å². The van der Waals surface area contributed by atoms with Crippen LogP contribution < -0.4 is 5.73 Å². The van der Waals surface area contributed by atoms with Gasteiger partial charge in [0.15, 0.2) is 12.4 Å². The Balaban J connectivity index is 1.84. The summed E-state index contributed by atoms with van der Waals surface area (Å²) in [6, 6.07) is 3.37. The fourth-order valence-electron chi connectivity index (χ4n) is 2.56. The van der Waals surface area contributed by atoms with E-state index in [2.05, 4.69) is 9.72 Å². The molecule has 3 rings (SSSR count). The number of hydrogen-bond acceptors (Lipinski definition) is 8. The molecule has 0 aliphatic carbocycles. The number of anilines is 1. The Kier molecular flexibility index (Phi) is 4.45. The number of hydrogen-bond donors (Lipinski definition) is 1. The van der Waals surface area contributed by atoms with Gasteiger partial charge >= 0.3 is 11.9 Å². The lowest BCUT2D eigenvalue weighted by atomic mass is 10.1. The number of rotatable bonds is 4. The van der Waals surface area contributed by atoms with Gasteiger partial charge in [0.25, 0.3) is 0 Å². The highest BCUT2D eigenvalue weighted by atomic mass is 32.1. The minimum absolute atomic E-state index is 0.199. The van der Waals surface area contributed by atoms with Crippen molar-refractivity contribution < 1.29 is 23.5 Å². The molecule has 3 aromatic rings. The number of carbonyl (C=O) groups excluding carboxylic acids is 2. The molecule has 7 nitrogen and oxygen atoms in total. The Morgan fingerprint density at radius 1 is 1.32 bits per heavy atom. The summed E-state index contributed by atoms with van der Waals surface area (Å²) in [6.07, 6.45) is 1.33. The minimum Gasteiger partial charge on any atom is -0.465 e. The van der Waals surface area contributed by atoms with Crippen molar-refractivity contribution in [3.63, 3.8) is 0 Å². The smallest absolute Gasteiger partial charge is 0.350 e. The number of nitrogens with zero attached hydrogens (tertiary/aromatic N) is 1. The molecule has 2 N–H and O–H groups in total. The third kappa shape index (κ3) is 3.08. The number of pyridine rings is 1. The number of furan rings is 1. The molecule has 0 aliphatic rings. The fourth-order valence-corrected chi connectivity index (χ4v) is 3.67.